The molecule has 0 unspecified atom stereocenters. The maximum absolute atomic E-state index is 12.9. The van der Waals surface area contributed by atoms with Crippen molar-refractivity contribution < 1.29 is 18.7 Å². The Kier molecular flexibility index (Phi) is 6.13. The molecule has 0 bridgehead atoms. The van der Waals surface area contributed by atoms with Crippen molar-refractivity contribution in [2.45, 2.75) is 13.5 Å². The van der Waals surface area contributed by atoms with E-state index in [9.17, 15) is 9.18 Å². The van der Waals surface area contributed by atoms with Gasteiger partial charge in [-0.1, -0.05) is 12.1 Å². The van der Waals surface area contributed by atoms with Gasteiger partial charge in [-0.2, -0.15) is 5.10 Å². The van der Waals surface area contributed by atoms with E-state index in [2.05, 4.69) is 10.5 Å². The molecular weight excluding hydrogens is 313 g/mol. The summed E-state index contributed by atoms with van der Waals surface area (Å²) in [4.78, 5) is 10.6. The van der Waals surface area contributed by atoms with E-state index in [1.807, 2.05) is 6.92 Å². The van der Waals surface area contributed by atoms with Crippen LogP contribution >= 0.6 is 0 Å². The molecule has 0 aliphatic heterocycles. The third-order valence-electron chi connectivity index (χ3n) is 2.96. The molecule has 2 rings (SSSR count). The van der Waals surface area contributed by atoms with E-state index in [-0.39, 0.29) is 12.4 Å². The third kappa shape index (κ3) is 5.28. The molecule has 3 N–H and O–H groups in total. The first kappa shape index (κ1) is 17.3. The van der Waals surface area contributed by atoms with Gasteiger partial charge in [0.05, 0.1) is 12.8 Å². The van der Waals surface area contributed by atoms with Crippen molar-refractivity contribution in [2.24, 2.45) is 10.8 Å². The number of carbonyl (C=O) groups excluding carboxylic acids is 1. The summed E-state index contributed by atoms with van der Waals surface area (Å²) in [6.07, 6.45) is 1.44. The van der Waals surface area contributed by atoms with Gasteiger partial charge >= 0.3 is 6.03 Å². The fourth-order valence-electron chi connectivity index (χ4n) is 1.90. The molecule has 0 spiro atoms. The van der Waals surface area contributed by atoms with Crippen LogP contribution in [0.3, 0.4) is 0 Å². The molecule has 7 heteroatoms. The SMILES string of the molecule is CCOc1cc(/C=N/NC(N)=O)ccc1OCc1ccc(F)cc1. The Balaban J connectivity index is 2.09. The van der Waals surface area contributed by atoms with Crippen molar-refractivity contribution in [3.05, 3.63) is 59.4 Å². The van der Waals surface area contributed by atoms with Crippen molar-refractivity contribution in [3.8, 4) is 11.5 Å². The first-order chi connectivity index (χ1) is 11.6. The fourth-order valence-corrected chi connectivity index (χ4v) is 1.90. The molecular formula is C17H18FN3O3. The number of primary amides is 1. The zero-order valence-corrected chi connectivity index (χ0v) is 13.2. The van der Waals surface area contributed by atoms with E-state index >= 15 is 0 Å². The molecule has 2 amide bonds. The summed E-state index contributed by atoms with van der Waals surface area (Å²) < 4.78 is 24.2. The van der Waals surface area contributed by atoms with Gasteiger partial charge in [-0.05, 0) is 48.4 Å². The van der Waals surface area contributed by atoms with Crippen LogP contribution in [0.2, 0.25) is 0 Å². The Hall–Kier alpha value is -3.09. The molecule has 0 heterocycles. The minimum absolute atomic E-state index is 0.289. The number of ether oxygens (including phenoxy) is 2. The zero-order valence-electron chi connectivity index (χ0n) is 13.2. The Morgan fingerprint density at radius 3 is 2.62 bits per heavy atom. The van der Waals surface area contributed by atoms with Gasteiger partial charge in [0, 0.05) is 0 Å². The molecule has 0 atom stereocenters. The summed E-state index contributed by atoms with van der Waals surface area (Å²) in [5, 5.41) is 3.69. The van der Waals surface area contributed by atoms with E-state index in [0.717, 1.165) is 5.56 Å². The number of halogens is 1. The van der Waals surface area contributed by atoms with E-state index in [1.165, 1.54) is 18.3 Å². The minimum atomic E-state index is -0.740. The molecule has 24 heavy (non-hydrogen) atoms. The Morgan fingerprint density at radius 2 is 1.96 bits per heavy atom. The second-order valence-electron chi connectivity index (χ2n) is 4.79. The largest absolute Gasteiger partial charge is 0.490 e. The number of nitrogens with two attached hydrogens (primary N) is 1. The van der Waals surface area contributed by atoms with Gasteiger partial charge < -0.3 is 15.2 Å². The number of amides is 2. The Bertz CT molecular complexity index is 718. The van der Waals surface area contributed by atoms with Crippen molar-refractivity contribution in [2.75, 3.05) is 6.61 Å². The summed E-state index contributed by atoms with van der Waals surface area (Å²) in [6.45, 7) is 2.61. The number of nitrogens with zero attached hydrogens (tertiary/aromatic N) is 1. The fraction of sp³-hybridized carbons (Fsp3) is 0.176. The molecule has 0 aliphatic carbocycles. The van der Waals surface area contributed by atoms with E-state index in [0.29, 0.717) is 23.7 Å². The van der Waals surface area contributed by atoms with Crippen LogP contribution in [-0.2, 0) is 6.61 Å². The van der Waals surface area contributed by atoms with Crippen LogP contribution in [0.25, 0.3) is 0 Å². The second-order valence-corrected chi connectivity index (χ2v) is 4.79. The first-order valence-electron chi connectivity index (χ1n) is 7.31. The lowest BCUT2D eigenvalue weighted by Crippen LogP contribution is -2.24. The average Bonchev–Trinajstić information content (AvgIpc) is 2.55. The maximum atomic E-state index is 12.9. The molecule has 0 aromatic heterocycles. The highest BCUT2D eigenvalue weighted by molar-refractivity contribution is 5.82. The van der Waals surface area contributed by atoms with Gasteiger partial charge in [-0.25, -0.2) is 14.6 Å². The standard InChI is InChI=1S/C17H18FN3O3/c1-2-23-16-9-13(10-20-21-17(19)22)5-8-15(16)24-11-12-3-6-14(18)7-4-12/h3-10H,2,11H2,1H3,(H3,19,21,22)/b20-10+. The van der Waals surface area contributed by atoms with Crippen molar-refractivity contribution in [1.82, 2.24) is 5.43 Å². The molecule has 2 aromatic carbocycles. The third-order valence-corrected chi connectivity index (χ3v) is 2.96. The lowest BCUT2D eigenvalue weighted by Gasteiger charge is -2.12. The quantitative estimate of drug-likeness (QED) is 0.604. The number of hydrogen-bond acceptors (Lipinski definition) is 4. The maximum Gasteiger partial charge on any atom is 0.332 e. The van der Waals surface area contributed by atoms with Gasteiger partial charge in [0.2, 0.25) is 0 Å². The predicted octanol–water partition coefficient (Wildman–Crippen LogP) is 2.81. The molecule has 0 aliphatic rings. The lowest BCUT2D eigenvalue weighted by atomic mass is 10.2. The van der Waals surface area contributed by atoms with Crippen molar-refractivity contribution in [1.29, 1.82) is 0 Å². The Morgan fingerprint density at radius 1 is 1.21 bits per heavy atom. The molecule has 6 nitrogen and oxygen atoms in total. The monoisotopic (exact) mass is 331 g/mol. The number of urea groups is 1. The average molecular weight is 331 g/mol. The molecule has 0 radical (unpaired) electrons. The number of benzene rings is 2. The van der Waals surface area contributed by atoms with Gasteiger partial charge in [0.1, 0.15) is 12.4 Å². The van der Waals surface area contributed by atoms with E-state index < -0.39 is 6.03 Å². The highest BCUT2D eigenvalue weighted by atomic mass is 19.1. The summed E-state index contributed by atoms with van der Waals surface area (Å²) in [5.41, 5.74) is 8.60. The summed E-state index contributed by atoms with van der Waals surface area (Å²) in [5.74, 6) is 0.811. The first-order valence-corrected chi connectivity index (χ1v) is 7.31. The topological polar surface area (TPSA) is 85.9 Å². The smallest absolute Gasteiger partial charge is 0.332 e. The molecule has 0 saturated heterocycles. The molecule has 2 aromatic rings. The zero-order chi connectivity index (χ0) is 17.4. The summed E-state index contributed by atoms with van der Waals surface area (Å²) in [7, 11) is 0. The highest BCUT2D eigenvalue weighted by Gasteiger charge is 2.06. The van der Waals surface area contributed by atoms with Crippen LogP contribution in [0, 0.1) is 5.82 Å². The van der Waals surface area contributed by atoms with Gasteiger partial charge in [-0.15, -0.1) is 0 Å². The van der Waals surface area contributed by atoms with Gasteiger partial charge in [0.25, 0.3) is 0 Å². The van der Waals surface area contributed by atoms with Crippen LogP contribution in [0.1, 0.15) is 18.1 Å². The summed E-state index contributed by atoms with van der Waals surface area (Å²) >= 11 is 0. The molecule has 0 fully saturated rings. The van der Waals surface area contributed by atoms with Crippen LogP contribution in [0.5, 0.6) is 11.5 Å². The van der Waals surface area contributed by atoms with Crippen LogP contribution in [0.15, 0.2) is 47.6 Å². The van der Waals surface area contributed by atoms with Gasteiger partial charge in [-0.3, -0.25) is 0 Å². The van der Waals surface area contributed by atoms with E-state index in [1.54, 1.807) is 30.3 Å². The van der Waals surface area contributed by atoms with Crippen LogP contribution in [0.4, 0.5) is 9.18 Å². The second kappa shape index (κ2) is 8.52. The normalized spacial score (nSPS) is 10.6. The predicted molar refractivity (Wildman–Crippen MR) is 88.7 cm³/mol. The highest BCUT2D eigenvalue weighted by Crippen LogP contribution is 2.28. The van der Waals surface area contributed by atoms with Crippen LogP contribution < -0.4 is 20.6 Å². The number of rotatable bonds is 7. The minimum Gasteiger partial charge on any atom is -0.490 e. The van der Waals surface area contributed by atoms with Crippen molar-refractivity contribution in [3.63, 3.8) is 0 Å². The van der Waals surface area contributed by atoms with E-state index in [4.69, 9.17) is 15.2 Å². The number of carbonyl (C=O) groups is 1. The Labute approximate surface area is 139 Å². The molecule has 0 saturated carbocycles. The molecule has 126 valence electrons. The van der Waals surface area contributed by atoms with Crippen molar-refractivity contribution >= 4 is 12.2 Å². The van der Waals surface area contributed by atoms with Gasteiger partial charge in [0.15, 0.2) is 11.5 Å². The lowest BCUT2D eigenvalue weighted by molar-refractivity contribution is 0.249. The number of hydrazone groups is 1. The number of hydrogen-bond donors (Lipinski definition) is 2. The van der Waals surface area contributed by atoms with Crippen LogP contribution in [-0.4, -0.2) is 18.9 Å². The number of nitrogens with one attached hydrogen (secondary N) is 1. The summed E-state index contributed by atoms with van der Waals surface area (Å²) in [6, 6.07) is 10.6.